The Kier molecular flexibility index (Phi) is 3.71. The summed E-state index contributed by atoms with van der Waals surface area (Å²) in [7, 11) is 0. The Balaban J connectivity index is 1.47. The van der Waals surface area contributed by atoms with Crippen molar-refractivity contribution in [3.8, 4) is 0 Å². The summed E-state index contributed by atoms with van der Waals surface area (Å²) in [4.78, 5) is 4.38. The summed E-state index contributed by atoms with van der Waals surface area (Å²) in [5.41, 5.74) is 0. The van der Waals surface area contributed by atoms with Crippen molar-refractivity contribution in [1.29, 1.82) is 0 Å². The molecule has 0 spiro atoms. The Morgan fingerprint density at radius 1 is 1.47 bits per heavy atom. The van der Waals surface area contributed by atoms with Crippen LogP contribution in [-0.4, -0.2) is 33.6 Å². The highest BCUT2D eigenvalue weighted by Gasteiger charge is 2.20. The summed E-state index contributed by atoms with van der Waals surface area (Å²) < 4.78 is 2.32. The molecule has 0 bridgehead atoms. The van der Waals surface area contributed by atoms with E-state index in [0.717, 1.165) is 24.9 Å². The number of thioether (sulfide) groups is 1. The lowest BCUT2D eigenvalue weighted by Crippen LogP contribution is -2.39. The number of aromatic nitrogens is 2. The molecule has 1 saturated heterocycles. The predicted octanol–water partition coefficient (Wildman–Crippen LogP) is 1.93. The van der Waals surface area contributed by atoms with Crippen LogP contribution in [0.3, 0.4) is 0 Å². The highest BCUT2D eigenvalue weighted by atomic mass is 32.2. The molecule has 1 N–H and O–H groups in total. The smallest absolute Gasteiger partial charge is 0.108 e. The lowest BCUT2D eigenvalue weighted by Gasteiger charge is -2.28. The van der Waals surface area contributed by atoms with Gasteiger partial charge in [0.25, 0.3) is 0 Å². The molecule has 4 heteroatoms. The first-order chi connectivity index (χ1) is 8.42. The molecule has 0 aliphatic carbocycles. The minimum atomic E-state index is 0.762. The molecule has 3 heterocycles. The van der Waals surface area contributed by atoms with Gasteiger partial charge in [0, 0.05) is 37.2 Å². The maximum absolute atomic E-state index is 4.38. The molecule has 3 nitrogen and oxygen atoms in total. The number of nitrogens with one attached hydrogen (secondary N) is 1. The van der Waals surface area contributed by atoms with E-state index in [-0.39, 0.29) is 0 Å². The standard InChI is InChI=1S/C13H21N3S/c1-2-12(10-17-7-1)15-8-11-3-4-13-14-5-6-16(13)9-11/h5-6,11-12,15H,1-4,7-10H2/t11-,12-/m1/s1. The van der Waals surface area contributed by atoms with E-state index in [1.165, 1.54) is 43.1 Å². The summed E-state index contributed by atoms with van der Waals surface area (Å²) in [6.45, 7) is 2.34. The lowest BCUT2D eigenvalue weighted by molar-refractivity contribution is 0.331. The fraction of sp³-hybridized carbons (Fsp3) is 0.769. The zero-order valence-corrected chi connectivity index (χ0v) is 11.1. The van der Waals surface area contributed by atoms with E-state index < -0.39 is 0 Å². The van der Waals surface area contributed by atoms with Crippen LogP contribution < -0.4 is 5.32 Å². The van der Waals surface area contributed by atoms with Crippen molar-refractivity contribution < 1.29 is 0 Å². The number of fused-ring (bicyclic) bond motifs is 1. The zero-order valence-electron chi connectivity index (χ0n) is 10.3. The van der Waals surface area contributed by atoms with Crippen molar-refractivity contribution in [2.45, 2.75) is 38.3 Å². The largest absolute Gasteiger partial charge is 0.335 e. The van der Waals surface area contributed by atoms with Crippen LogP contribution in [0.4, 0.5) is 0 Å². The summed E-state index contributed by atoms with van der Waals surface area (Å²) in [5, 5.41) is 3.76. The van der Waals surface area contributed by atoms with Crippen LogP contribution in [0.15, 0.2) is 12.4 Å². The Morgan fingerprint density at radius 2 is 2.47 bits per heavy atom. The van der Waals surface area contributed by atoms with Crippen LogP contribution in [0.2, 0.25) is 0 Å². The molecule has 2 aliphatic heterocycles. The van der Waals surface area contributed by atoms with Gasteiger partial charge in [-0.15, -0.1) is 0 Å². The molecule has 1 aromatic heterocycles. The SMILES string of the molecule is c1cn2c(n1)CC[C@H](CN[C@@H]1CCCSC1)C2. The van der Waals surface area contributed by atoms with Crippen molar-refractivity contribution in [3.05, 3.63) is 18.2 Å². The predicted molar refractivity (Wildman–Crippen MR) is 72.4 cm³/mol. The van der Waals surface area contributed by atoms with Gasteiger partial charge in [0.2, 0.25) is 0 Å². The highest BCUT2D eigenvalue weighted by molar-refractivity contribution is 7.99. The van der Waals surface area contributed by atoms with E-state index in [1.807, 2.05) is 6.20 Å². The minimum absolute atomic E-state index is 0.762. The van der Waals surface area contributed by atoms with E-state index in [2.05, 4.69) is 32.8 Å². The van der Waals surface area contributed by atoms with Crippen molar-refractivity contribution >= 4 is 11.8 Å². The molecule has 94 valence electrons. The van der Waals surface area contributed by atoms with Gasteiger partial charge in [0.1, 0.15) is 5.82 Å². The topological polar surface area (TPSA) is 29.9 Å². The second-order valence-electron chi connectivity index (χ2n) is 5.22. The van der Waals surface area contributed by atoms with Gasteiger partial charge in [-0.3, -0.25) is 0 Å². The Labute approximate surface area is 107 Å². The van der Waals surface area contributed by atoms with Gasteiger partial charge in [0.15, 0.2) is 0 Å². The molecule has 0 unspecified atom stereocenters. The van der Waals surface area contributed by atoms with Gasteiger partial charge < -0.3 is 9.88 Å². The van der Waals surface area contributed by atoms with E-state index >= 15 is 0 Å². The van der Waals surface area contributed by atoms with E-state index in [9.17, 15) is 0 Å². The summed E-state index contributed by atoms with van der Waals surface area (Å²) >= 11 is 2.10. The molecule has 0 aromatic carbocycles. The third-order valence-electron chi connectivity index (χ3n) is 3.89. The number of hydrogen-bond donors (Lipinski definition) is 1. The number of imidazole rings is 1. The summed E-state index contributed by atoms with van der Waals surface area (Å²) in [6, 6.07) is 0.762. The normalized spacial score (nSPS) is 28.9. The first-order valence-electron chi connectivity index (χ1n) is 6.73. The third kappa shape index (κ3) is 2.86. The van der Waals surface area contributed by atoms with Gasteiger partial charge >= 0.3 is 0 Å². The first-order valence-corrected chi connectivity index (χ1v) is 7.88. The number of nitrogens with zero attached hydrogens (tertiary/aromatic N) is 2. The molecular weight excluding hydrogens is 230 g/mol. The zero-order chi connectivity index (χ0) is 11.5. The lowest BCUT2D eigenvalue weighted by atomic mass is 9.99. The summed E-state index contributed by atoms with van der Waals surface area (Å²) in [6.07, 6.45) is 9.26. The maximum Gasteiger partial charge on any atom is 0.108 e. The molecule has 3 rings (SSSR count). The van der Waals surface area contributed by atoms with Crippen LogP contribution in [0.1, 0.15) is 25.1 Å². The van der Waals surface area contributed by atoms with E-state index in [4.69, 9.17) is 0 Å². The van der Waals surface area contributed by atoms with Crippen LogP contribution >= 0.6 is 11.8 Å². The second kappa shape index (κ2) is 5.44. The molecule has 1 fully saturated rings. The highest BCUT2D eigenvalue weighted by Crippen LogP contribution is 2.20. The van der Waals surface area contributed by atoms with Crippen molar-refractivity contribution in [2.24, 2.45) is 5.92 Å². The first kappa shape index (κ1) is 11.6. The number of rotatable bonds is 3. The third-order valence-corrected chi connectivity index (χ3v) is 5.10. The van der Waals surface area contributed by atoms with Gasteiger partial charge in [-0.2, -0.15) is 11.8 Å². The Bertz CT molecular complexity index is 357. The average molecular weight is 251 g/mol. The molecule has 1 aromatic rings. The van der Waals surface area contributed by atoms with Crippen molar-refractivity contribution in [1.82, 2.24) is 14.9 Å². The van der Waals surface area contributed by atoms with Crippen LogP contribution in [0.25, 0.3) is 0 Å². The molecule has 0 radical (unpaired) electrons. The second-order valence-corrected chi connectivity index (χ2v) is 6.37. The molecule has 2 aliphatic rings. The average Bonchev–Trinajstić information content (AvgIpc) is 2.85. The fourth-order valence-electron chi connectivity index (χ4n) is 2.84. The van der Waals surface area contributed by atoms with Gasteiger partial charge in [-0.25, -0.2) is 4.98 Å². The molecule has 17 heavy (non-hydrogen) atoms. The van der Waals surface area contributed by atoms with E-state index in [0.29, 0.717) is 0 Å². The van der Waals surface area contributed by atoms with Gasteiger partial charge in [-0.05, 0) is 37.5 Å². The minimum Gasteiger partial charge on any atom is -0.335 e. The molecule has 0 amide bonds. The van der Waals surface area contributed by atoms with Crippen LogP contribution in [0.5, 0.6) is 0 Å². The number of hydrogen-bond acceptors (Lipinski definition) is 3. The van der Waals surface area contributed by atoms with Gasteiger partial charge in [0.05, 0.1) is 0 Å². The quantitative estimate of drug-likeness (QED) is 0.890. The van der Waals surface area contributed by atoms with Crippen LogP contribution in [-0.2, 0) is 13.0 Å². The van der Waals surface area contributed by atoms with Crippen molar-refractivity contribution in [2.75, 3.05) is 18.1 Å². The van der Waals surface area contributed by atoms with Crippen LogP contribution in [0, 0.1) is 5.92 Å². The Morgan fingerprint density at radius 3 is 3.35 bits per heavy atom. The molecule has 0 saturated carbocycles. The number of aryl methyl sites for hydroxylation is 1. The molecule has 2 atom stereocenters. The Hall–Kier alpha value is -0.480. The summed E-state index contributed by atoms with van der Waals surface area (Å²) in [5.74, 6) is 4.74. The monoisotopic (exact) mass is 251 g/mol. The molecular formula is C13H21N3S. The maximum atomic E-state index is 4.38. The van der Waals surface area contributed by atoms with Gasteiger partial charge in [-0.1, -0.05) is 0 Å². The fourth-order valence-corrected chi connectivity index (χ4v) is 3.95. The van der Waals surface area contributed by atoms with E-state index in [1.54, 1.807) is 0 Å². The van der Waals surface area contributed by atoms with Crippen molar-refractivity contribution in [3.63, 3.8) is 0 Å².